The molecule has 1 atom stereocenters. The number of hydrogen-bond acceptors (Lipinski definition) is 3. The highest BCUT2D eigenvalue weighted by atomic mass is 32.2. The smallest absolute Gasteiger partial charge is 0.0984 e. The van der Waals surface area contributed by atoms with Crippen LogP contribution in [0.3, 0.4) is 0 Å². The van der Waals surface area contributed by atoms with Gasteiger partial charge in [-0.05, 0) is 23.0 Å². The lowest BCUT2D eigenvalue weighted by molar-refractivity contribution is 0.953. The van der Waals surface area contributed by atoms with Gasteiger partial charge in [-0.3, -0.25) is 0 Å². The molecular weight excluding hydrogens is 300 g/mol. The minimum Gasteiger partial charge on any atom is -0.349 e. The Labute approximate surface area is 141 Å². The third-order valence-electron chi connectivity index (χ3n) is 3.79. The molecule has 0 spiro atoms. The first-order valence-electron chi connectivity index (χ1n) is 7.69. The zero-order valence-electron chi connectivity index (χ0n) is 13.0. The van der Waals surface area contributed by atoms with Crippen LogP contribution in [0, 0.1) is 11.3 Å². The number of rotatable bonds is 4. The molecule has 1 aliphatic heterocycles. The molecule has 23 heavy (non-hydrogen) atoms. The van der Waals surface area contributed by atoms with Crippen molar-refractivity contribution in [3.05, 3.63) is 88.5 Å². The fourth-order valence-corrected chi connectivity index (χ4v) is 3.51. The molecule has 2 aromatic carbocycles. The van der Waals surface area contributed by atoms with Gasteiger partial charge in [-0.2, -0.15) is 5.26 Å². The molecule has 2 nitrogen and oxygen atoms in total. The SMILES string of the molecule is CCSC1=C(C#N)C(c2ccccc2)C=C(c2ccccc2)N1. The van der Waals surface area contributed by atoms with Crippen molar-refractivity contribution < 1.29 is 0 Å². The second-order valence-corrected chi connectivity index (χ2v) is 6.52. The van der Waals surface area contributed by atoms with Crippen LogP contribution < -0.4 is 5.32 Å². The molecular formula is C20H18N2S. The van der Waals surface area contributed by atoms with Gasteiger partial charge in [0.2, 0.25) is 0 Å². The molecule has 1 unspecified atom stereocenters. The molecule has 1 heterocycles. The predicted octanol–water partition coefficient (Wildman–Crippen LogP) is 4.90. The summed E-state index contributed by atoms with van der Waals surface area (Å²) in [5.74, 6) is 0.920. The molecule has 0 bridgehead atoms. The van der Waals surface area contributed by atoms with Gasteiger partial charge in [0.15, 0.2) is 0 Å². The molecule has 0 fully saturated rings. The van der Waals surface area contributed by atoms with Gasteiger partial charge in [0, 0.05) is 11.6 Å². The number of nitrogens with one attached hydrogen (secondary N) is 1. The van der Waals surface area contributed by atoms with E-state index in [1.54, 1.807) is 11.8 Å². The number of dihydropyridines is 1. The number of nitrogens with zero attached hydrogens (tertiary/aromatic N) is 1. The fourth-order valence-electron chi connectivity index (χ4n) is 2.71. The van der Waals surface area contributed by atoms with E-state index < -0.39 is 0 Å². The second-order valence-electron chi connectivity index (χ2n) is 5.25. The Bertz CT molecular complexity index is 770. The van der Waals surface area contributed by atoms with Crippen LogP contribution >= 0.6 is 11.8 Å². The van der Waals surface area contributed by atoms with Crippen LogP contribution in [0.15, 0.2) is 77.3 Å². The Kier molecular flexibility index (Phi) is 4.85. The van der Waals surface area contributed by atoms with Crippen LogP contribution in [-0.4, -0.2) is 5.75 Å². The van der Waals surface area contributed by atoms with Crippen molar-refractivity contribution in [2.24, 2.45) is 0 Å². The van der Waals surface area contributed by atoms with E-state index in [-0.39, 0.29) is 5.92 Å². The standard InChI is InChI=1S/C20H18N2S/c1-2-23-20-18(14-21)17(15-9-5-3-6-10-15)13-19(22-20)16-11-7-4-8-12-16/h3-13,17,22H,2H2,1H3. The number of hydrogen-bond donors (Lipinski definition) is 1. The lowest BCUT2D eigenvalue weighted by atomic mass is 9.88. The van der Waals surface area contributed by atoms with E-state index in [9.17, 15) is 5.26 Å². The molecule has 0 amide bonds. The van der Waals surface area contributed by atoms with E-state index in [2.05, 4.69) is 48.7 Å². The predicted molar refractivity (Wildman–Crippen MR) is 97.5 cm³/mol. The summed E-state index contributed by atoms with van der Waals surface area (Å²) in [6.45, 7) is 2.10. The first kappa shape index (κ1) is 15.5. The minimum absolute atomic E-state index is 0.00768. The van der Waals surface area contributed by atoms with Gasteiger partial charge in [0.1, 0.15) is 0 Å². The van der Waals surface area contributed by atoms with Crippen LogP contribution in [0.25, 0.3) is 5.70 Å². The zero-order valence-corrected chi connectivity index (χ0v) is 13.8. The van der Waals surface area contributed by atoms with Crippen molar-refractivity contribution in [3.63, 3.8) is 0 Å². The normalized spacial score (nSPS) is 17.2. The van der Waals surface area contributed by atoms with E-state index in [1.165, 1.54) is 0 Å². The molecule has 114 valence electrons. The third kappa shape index (κ3) is 3.33. The van der Waals surface area contributed by atoms with E-state index in [4.69, 9.17) is 0 Å². The first-order chi connectivity index (χ1) is 11.3. The van der Waals surface area contributed by atoms with E-state index in [0.29, 0.717) is 0 Å². The second kappa shape index (κ2) is 7.21. The molecule has 3 rings (SSSR count). The third-order valence-corrected chi connectivity index (χ3v) is 4.69. The monoisotopic (exact) mass is 318 g/mol. The Hall–Kier alpha value is -2.44. The van der Waals surface area contributed by atoms with E-state index in [1.807, 2.05) is 36.4 Å². The number of nitriles is 1. The van der Waals surface area contributed by atoms with Crippen molar-refractivity contribution in [2.75, 3.05) is 5.75 Å². The van der Waals surface area contributed by atoms with Crippen molar-refractivity contribution in [2.45, 2.75) is 12.8 Å². The van der Waals surface area contributed by atoms with Crippen molar-refractivity contribution in [1.29, 1.82) is 5.26 Å². The zero-order chi connectivity index (χ0) is 16.1. The average molecular weight is 318 g/mol. The van der Waals surface area contributed by atoms with Crippen LogP contribution in [0.4, 0.5) is 0 Å². The summed E-state index contributed by atoms with van der Waals surface area (Å²) in [6.07, 6.45) is 2.16. The van der Waals surface area contributed by atoms with E-state index in [0.717, 1.165) is 33.2 Å². The van der Waals surface area contributed by atoms with Gasteiger partial charge < -0.3 is 5.32 Å². The van der Waals surface area contributed by atoms with Gasteiger partial charge in [-0.1, -0.05) is 67.6 Å². The molecule has 0 saturated carbocycles. The average Bonchev–Trinajstić information content (AvgIpc) is 2.63. The number of thioether (sulfide) groups is 1. The summed E-state index contributed by atoms with van der Waals surface area (Å²) in [5, 5.41) is 14.1. The van der Waals surface area contributed by atoms with Crippen LogP contribution in [-0.2, 0) is 0 Å². The van der Waals surface area contributed by atoms with Crippen LogP contribution in [0.5, 0.6) is 0 Å². The highest BCUT2D eigenvalue weighted by molar-refractivity contribution is 8.03. The molecule has 3 heteroatoms. The van der Waals surface area contributed by atoms with E-state index >= 15 is 0 Å². The molecule has 0 radical (unpaired) electrons. The summed E-state index contributed by atoms with van der Waals surface area (Å²) in [7, 11) is 0. The first-order valence-corrected chi connectivity index (χ1v) is 8.68. The highest BCUT2D eigenvalue weighted by Crippen LogP contribution is 2.37. The van der Waals surface area contributed by atoms with Gasteiger partial charge in [0.25, 0.3) is 0 Å². The maximum atomic E-state index is 9.69. The van der Waals surface area contributed by atoms with Crippen molar-refractivity contribution in [1.82, 2.24) is 5.32 Å². The molecule has 2 aromatic rings. The van der Waals surface area contributed by atoms with Crippen LogP contribution in [0.2, 0.25) is 0 Å². The van der Waals surface area contributed by atoms with Gasteiger partial charge in [0.05, 0.1) is 16.7 Å². The lowest BCUT2D eigenvalue weighted by Crippen LogP contribution is -2.20. The molecule has 0 saturated heterocycles. The molecule has 0 aromatic heterocycles. The Morgan fingerprint density at radius 2 is 1.70 bits per heavy atom. The molecule has 1 N–H and O–H groups in total. The Balaban J connectivity index is 2.08. The number of allylic oxidation sites excluding steroid dienone is 2. The lowest BCUT2D eigenvalue weighted by Gasteiger charge is -2.26. The quantitative estimate of drug-likeness (QED) is 0.870. The summed E-state index contributed by atoms with van der Waals surface area (Å²) in [4.78, 5) is 0. The molecule has 0 aliphatic carbocycles. The largest absolute Gasteiger partial charge is 0.349 e. The summed E-state index contributed by atoms with van der Waals surface area (Å²) < 4.78 is 0. The van der Waals surface area contributed by atoms with Crippen molar-refractivity contribution >= 4 is 17.5 Å². The summed E-state index contributed by atoms with van der Waals surface area (Å²) in [5.41, 5.74) is 4.14. The maximum Gasteiger partial charge on any atom is 0.0984 e. The minimum atomic E-state index is -0.00768. The van der Waals surface area contributed by atoms with Crippen molar-refractivity contribution in [3.8, 4) is 6.07 Å². The molecule has 1 aliphatic rings. The van der Waals surface area contributed by atoms with Gasteiger partial charge in [-0.15, -0.1) is 11.8 Å². The highest BCUT2D eigenvalue weighted by Gasteiger charge is 2.25. The van der Waals surface area contributed by atoms with Gasteiger partial charge in [-0.25, -0.2) is 0 Å². The fraction of sp³-hybridized carbons (Fsp3) is 0.150. The Morgan fingerprint density at radius 1 is 1.04 bits per heavy atom. The van der Waals surface area contributed by atoms with Crippen LogP contribution in [0.1, 0.15) is 24.0 Å². The maximum absolute atomic E-state index is 9.69. The summed E-state index contributed by atoms with van der Waals surface area (Å²) in [6, 6.07) is 22.9. The van der Waals surface area contributed by atoms with Gasteiger partial charge >= 0.3 is 0 Å². The Morgan fingerprint density at radius 3 is 2.30 bits per heavy atom. The topological polar surface area (TPSA) is 35.8 Å². The summed E-state index contributed by atoms with van der Waals surface area (Å²) >= 11 is 1.69. The number of benzene rings is 2.